The fourth-order valence-electron chi connectivity index (χ4n) is 1.77. The van der Waals surface area contributed by atoms with Gasteiger partial charge in [-0.05, 0) is 13.0 Å². The van der Waals surface area contributed by atoms with E-state index < -0.39 is 5.97 Å². The molecule has 2 aromatic rings. The number of pyridine rings is 1. The van der Waals surface area contributed by atoms with Crippen molar-refractivity contribution >= 4 is 29.0 Å². The lowest BCUT2D eigenvalue weighted by molar-refractivity contribution is 0.0601. The topological polar surface area (TPSA) is 115 Å². The average molecular weight is 288 g/mol. The largest absolute Gasteiger partial charge is 0.465 e. The number of aryl methyl sites for hydroxylation is 1. The van der Waals surface area contributed by atoms with Gasteiger partial charge in [0.25, 0.3) is 0 Å². The molecule has 2 heterocycles. The third-order valence-electron chi connectivity index (χ3n) is 2.77. The number of nitrogens with one attached hydrogen (secondary N) is 2. The van der Waals surface area contributed by atoms with E-state index in [1.807, 2.05) is 0 Å². The van der Waals surface area contributed by atoms with Crippen molar-refractivity contribution in [3.8, 4) is 0 Å². The van der Waals surface area contributed by atoms with Crippen LogP contribution < -0.4 is 16.4 Å². The minimum atomic E-state index is -0.496. The molecule has 0 bridgehead atoms. The summed E-state index contributed by atoms with van der Waals surface area (Å²) in [5, 5.41) is 5.91. The maximum atomic E-state index is 11.7. The Kier molecular flexibility index (Phi) is 4.17. The van der Waals surface area contributed by atoms with Crippen molar-refractivity contribution in [1.29, 1.82) is 0 Å². The van der Waals surface area contributed by atoms with Crippen LogP contribution in [0.3, 0.4) is 0 Å². The molecule has 8 heteroatoms. The molecule has 0 aliphatic heterocycles. The van der Waals surface area contributed by atoms with Gasteiger partial charge in [-0.3, -0.25) is 4.98 Å². The summed E-state index contributed by atoms with van der Waals surface area (Å²) in [6.45, 7) is 1.75. The Morgan fingerprint density at radius 1 is 1.33 bits per heavy atom. The second-order valence-corrected chi connectivity index (χ2v) is 4.17. The summed E-state index contributed by atoms with van der Waals surface area (Å²) >= 11 is 0. The molecule has 0 unspecified atom stereocenters. The number of carbonyl (C=O) groups excluding carboxylic acids is 1. The van der Waals surface area contributed by atoms with Gasteiger partial charge in [0.1, 0.15) is 17.1 Å². The Balaban J connectivity index is 2.44. The first-order chi connectivity index (χ1) is 10.1. The Morgan fingerprint density at radius 2 is 2.05 bits per heavy atom. The summed E-state index contributed by atoms with van der Waals surface area (Å²) in [4.78, 5) is 24.1. The van der Waals surface area contributed by atoms with Gasteiger partial charge in [0.15, 0.2) is 11.6 Å². The van der Waals surface area contributed by atoms with E-state index in [0.29, 0.717) is 34.4 Å². The fourth-order valence-corrected chi connectivity index (χ4v) is 1.77. The Hall–Kier alpha value is -2.90. The zero-order valence-corrected chi connectivity index (χ0v) is 12.0. The molecule has 8 nitrogen and oxygen atoms in total. The summed E-state index contributed by atoms with van der Waals surface area (Å²) in [5.74, 6) is 0.968. The predicted octanol–water partition coefficient (Wildman–Crippen LogP) is 1.33. The van der Waals surface area contributed by atoms with E-state index in [9.17, 15) is 4.79 Å². The van der Waals surface area contributed by atoms with Crippen LogP contribution in [0, 0.1) is 6.92 Å². The van der Waals surface area contributed by atoms with E-state index >= 15 is 0 Å². The van der Waals surface area contributed by atoms with Gasteiger partial charge in [-0.2, -0.15) is 0 Å². The van der Waals surface area contributed by atoms with Gasteiger partial charge in [0.2, 0.25) is 0 Å². The fraction of sp³-hybridized carbons (Fsp3) is 0.231. The number of aromatic nitrogens is 3. The molecule has 0 radical (unpaired) electrons. The molecule has 0 saturated carbocycles. The normalized spacial score (nSPS) is 10.0. The predicted molar refractivity (Wildman–Crippen MR) is 79.6 cm³/mol. The Bertz CT molecular complexity index is 674. The minimum absolute atomic E-state index is 0.293. The van der Waals surface area contributed by atoms with Gasteiger partial charge in [0.05, 0.1) is 12.8 Å². The quantitative estimate of drug-likeness (QED) is 0.722. The van der Waals surface area contributed by atoms with Crippen LogP contribution in [0.15, 0.2) is 18.5 Å². The lowest BCUT2D eigenvalue weighted by Crippen LogP contribution is -2.10. The van der Waals surface area contributed by atoms with Gasteiger partial charge < -0.3 is 21.1 Å². The summed E-state index contributed by atoms with van der Waals surface area (Å²) in [6.07, 6.45) is 2.97. The number of nitrogens with zero attached hydrogens (tertiary/aromatic N) is 3. The maximum Gasteiger partial charge on any atom is 0.341 e. The van der Waals surface area contributed by atoms with Gasteiger partial charge in [0, 0.05) is 19.4 Å². The van der Waals surface area contributed by atoms with E-state index in [1.165, 1.54) is 13.3 Å². The number of nitrogen functional groups attached to an aromatic ring is 1. The maximum absolute atomic E-state index is 11.7. The first kappa shape index (κ1) is 14.5. The van der Waals surface area contributed by atoms with Gasteiger partial charge in [-0.15, -0.1) is 0 Å². The second-order valence-electron chi connectivity index (χ2n) is 4.17. The van der Waals surface area contributed by atoms with Crippen molar-refractivity contribution in [3.05, 3.63) is 29.8 Å². The minimum Gasteiger partial charge on any atom is -0.465 e. The van der Waals surface area contributed by atoms with E-state index in [0.717, 1.165) is 0 Å². The Morgan fingerprint density at radius 3 is 2.71 bits per heavy atom. The lowest BCUT2D eigenvalue weighted by atomic mass is 10.2. The number of hydrogen-bond acceptors (Lipinski definition) is 8. The van der Waals surface area contributed by atoms with Crippen molar-refractivity contribution in [2.45, 2.75) is 6.92 Å². The molecular weight excluding hydrogens is 272 g/mol. The molecule has 0 aliphatic rings. The number of ether oxygens (including phenoxy) is 1. The van der Waals surface area contributed by atoms with Crippen molar-refractivity contribution in [2.75, 3.05) is 30.5 Å². The number of anilines is 4. The molecule has 2 rings (SSSR count). The molecule has 110 valence electrons. The van der Waals surface area contributed by atoms with Crippen molar-refractivity contribution in [3.63, 3.8) is 0 Å². The van der Waals surface area contributed by atoms with Crippen LogP contribution >= 0.6 is 0 Å². The number of carbonyl (C=O) groups is 1. The highest BCUT2D eigenvalue weighted by atomic mass is 16.5. The van der Waals surface area contributed by atoms with Crippen LogP contribution in [0.1, 0.15) is 16.2 Å². The molecule has 2 aromatic heterocycles. The van der Waals surface area contributed by atoms with Crippen molar-refractivity contribution in [2.24, 2.45) is 0 Å². The molecule has 0 aromatic carbocycles. The highest BCUT2D eigenvalue weighted by Crippen LogP contribution is 2.27. The van der Waals surface area contributed by atoms with Crippen LogP contribution in [0.2, 0.25) is 0 Å². The summed E-state index contributed by atoms with van der Waals surface area (Å²) in [6, 6.07) is 1.64. The highest BCUT2D eigenvalue weighted by molar-refractivity contribution is 5.96. The van der Waals surface area contributed by atoms with E-state index in [-0.39, 0.29) is 0 Å². The summed E-state index contributed by atoms with van der Waals surface area (Å²) in [5.41, 5.74) is 7.14. The van der Waals surface area contributed by atoms with E-state index in [2.05, 4.69) is 25.6 Å². The third-order valence-corrected chi connectivity index (χ3v) is 2.77. The number of hydrogen-bond donors (Lipinski definition) is 3. The molecule has 0 amide bonds. The molecule has 0 saturated heterocycles. The zero-order valence-electron chi connectivity index (χ0n) is 12.0. The average Bonchev–Trinajstić information content (AvgIpc) is 2.50. The van der Waals surface area contributed by atoms with Gasteiger partial charge in [-0.1, -0.05) is 0 Å². The molecular formula is C13H16N6O2. The Labute approximate surface area is 121 Å². The monoisotopic (exact) mass is 288 g/mol. The number of esters is 1. The third kappa shape index (κ3) is 2.99. The lowest BCUT2D eigenvalue weighted by Gasteiger charge is -2.13. The molecule has 0 spiro atoms. The van der Waals surface area contributed by atoms with Crippen LogP contribution in [0.4, 0.5) is 23.0 Å². The molecule has 0 aliphatic carbocycles. The van der Waals surface area contributed by atoms with Crippen molar-refractivity contribution < 1.29 is 9.53 Å². The molecule has 4 N–H and O–H groups in total. The summed E-state index contributed by atoms with van der Waals surface area (Å²) in [7, 11) is 3.02. The first-order valence-electron chi connectivity index (χ1n) is 6.18. The number of nitrogens with two attached hydrogens (primary N) is 1. The molecule has 0 fully saturated rings. The number of rotatable bonds is 4. The SMILES string of the molecule is CNc1nc(C)nc(Nc2ccncc2C(=O)OC)c1N. The van der Waals surface area contributed by atoms with Crippen LogP contribution in [-0.2, 0) is 4.74 Å². The second kappa shape index (κ2) is 6.04. The van der Waals surface area contributed by atoms with E-state index in [1.54, 1.807) is 26.2 Å². The van der Waals surface area contributed by atoms with Crippen LogP contribution in [-0.4, -0.2) is 35.1 Å². The summed E-state index contributed by atoms with van der Waals surface area (Å²) < 4.78 is 4.72. The van der Waals surface area contributed by atoms with Crippen molar-refractivity contribution in [1.82, 2.24) is 15.0 Å². The zero-order chi connectivity index (χ0) is 15.4. The highest BCUT2D eigenvalue weighted by Gasteiger charge is 2.15. The molecule has 0 atom stereocenters. The first-order valence-corrected chi connectivity index (χ1v) is 6.18. The standard InChI is InChI=1S/C13H16N6O2/c1-7-17-11(15-2)10(14)12(18-7)19-9-4-5-16-6-8(9)13(20)21-3/h4-6H,14H2,1-3H3,(H2,15,16,17,18,19). The van der Waals surface area contributed by atoms with Crippen LogP contribution in [0.5, 0.6) is 0 Å². The van der Waals surface area contributed by atoms with E-state index in [4.69, 9.17) is 10.5 Å². The van der Waals surface area contributed by atoms with Gasteiger partial charge >= 0.3 is 5.97 Å². The number of methoxy groups -OCH3 is 1. The molecule has 21 heavy (non-hydrogen) atoms. The van der Waals surface area contributed by atoms with Gasteiger partial charge in [-0.25, -0.2) is 14.8 Å². The van der Waals surface area contributed by atoms with Crippen LogP contribution in [0.25, 0.3) is 0 Å². The smallest absolute Gasteiger partial charge is 0.341 e.